The van der Waals surface area contributed by atoms with Crippen molar-refractivity contribution in [2.75, 3.05) is 5.32 Å². The minimum absolute atomic E-state index is 0.168. The molecule has 1 amide bonds. The monoisotopic (exact) mass is 239 g/mol. The molecular formula is C14H13N3O. The predicted molar refractivity (Wildman–Crippen MR) is 69.6 cm³/mol. The summed E-state index contributed by atoms with van der Waals surface area (Å²) in [6.45, 7) is 0. The lowest BCUT2D eigenvalue weighted by atomic mass is 10.1. The highest BCUT2D eigenvalue weighted by atomic mass is 16.2. The van der Waals surface area contributed by atoms with Gasteiger partial charge in [0.1, 0.15) is 6.17 Å². The Balaban J connectivity index is 2.04. The number of hydrogen-bond donors (Lipinski definition) is 2. The first kappa shape index (κ1) is 10.8. The number of nitrogens with two attached hydrogens (primary N) is 1. The molecule has 0 saturated heterocycles. The number of hydrogen-bond acceptors (Lipinski definition) is 3. The van der Waals surface area contributed by atoms with Gasteiger partial charge in [-0.25, -0.2) is 10.9 Å². The zero-order valence-corrected chi connectivity index (χ0v) is 9.71. The molecule has 1 heterocycles. The molecule has 0 saturated carbocycles. The minimum atomic E-state index is -0.325. The molecule has 3 rings (SSSR count). The van der Waals surface area contributed by atoms with E-state index in [2.05, 4.69) is 5.32 Å². The first-order valence-corrected chi connectivity index (χ1v) is 5.76. The second-order valence-electron chi connectivity index (χ2n) is 4.22. The highest BCUT2D eigenvalue weighted by Crippen LogP contribution is 2.30. The number of nitrogens with one attached hydrogen (secondary N) is 1. The molecule has 1 aliphatic rings. The van der Waals surface area contributed by atoms with Crippen LogP contribution in [-0.4, -0.2) is 10.9 Å². The van der Waals surface area contributed by atoms with Crippen LogP contribution in [-0.2, 0) is 0 Å². The largest absolute Gasteiger partial charge is 0.360 e. The molecule has 18 heavy (non-hydrogen) atoms. The molecule has 0 bridgehead atoms. The molecule has 2 aromatic rings. The summed E-state index contributed by atoms with van der Waals surface area (Å²) in [4.78, 5) is 12.2. The maximum absolute atomic E-state index is 12.2. The number of para-hydroxylation sites is 1. The molecule has 4 nitrogen and oxygen atoms in total. The molecule has 4 heteroatoms. The second kappa shape index (κ2) is 4.16. The average Bonchev–Trinajstić information content (AvgIpc) is 2.44. The number of benzene rings is 2. The highest BCUT2D eigenvalue weighted by Gasteiger charge is 2.30. The maximum atomic E-state index is 12.2. The van der Waals surface area contributed by atoms with Crippen molar-refractivity contribution in [2.45, 2.75) is 6.17 Å². The Bertz CT molecular complexity index is 583. The van der Waals surface area contributed by atoms with Crippen LogP contribution < -0.4 is 11.2 Å². The van der Waals surface area contributed by atoms with Crippen LogP contribution in [0.25, 0.3) is 0 Å². The van der Waals surface area contributed by atoms with Crippen molar-refractivity contribution in [3.63, 3.8) is 0 Å². The topological polar surface area (TPSA) is 58.4 Å². The van der Waals surface area contributed by atoms with Gasteiger partial charge in [-0.3, -0.25) is 4.79 Å². The van der Waals surface area contributed by atoms with E-state index < -0.39 is 0 Å². The fourth-order valence-electron chi connectivity index (χ4n) is 2.15. The Labute approximate surface area is 105 Å². The van der Waals surface area contributed by atoms with Crippen molar-refractivity contribution < 1.29 is 4.79 Å². The van der Waals surface area contributed by atoms with Crippen LogP contribution in [0.4, 0.5) is 5.69 Å². The van der Waals surface area contributed by atoms with Gasteiger partial charge in [0, 0.05) is 5.69 Å². The molecule has 0 aliphatic carbocycles. The fourth-order valence-corrected chi connectivity index (χ4v) is 2.15. The van der Waals surface area contributed by atoms with Gasteiger partial charge < -0.3 is 5.32 Å². The standard InChI is InChI=1S/C14H13N3O/c15-17-13(10-6-2-1-3-7-10)16-12-9-5-4-8-11(12)14(17)18/h1-9,13,16H,15H2. The molecule has 0 aromatic heterocycles. The summed E-state index contributed by atoms with van der Waals surface area (Å²) in [7, 11) is 0. The van der Waals surface area contributed by atoms with Gasteiger partial charge in [0.25, 0.3) is 5.91 Å². The summed E-state index contributed by atoms with van der Waals surface area (Å²) in [5, 5.41) is 4.51. The van der Waals surface area contributed by atoms with Crippen molar-refractivity contribution in [3.05, 3.63) is 65.7 Å². The van der Waals surface area contributed by atoms with Crippen molar-refractivity contribution in [2.24, 2.45) is 5.84 Å². The van der Waals surface area contributed by atoms with E-state index in [-0.39, 0.29) is 12.1 Å². The van der Waals surface area contributed by atoms with Gasteiger partial charge in [-0.2, -0.15) is 0 Å². The van der Waals surface area contributed by atoms with Gasteiger partial charge in [0.05, 0.1) is 5.56 Å². The summed E-state index contributed by atoms with van der Waals surface area (Å²) in [6.07, 6.45) is -0.325. The third kappa shape index (κ3) is 1.63. The van der Waals surface area contributed by atoms with Gasteiger partial charge in [-0.15, -0.1) is 0 Å². The first-order chi connectivity index (χ1) is 8.77. The van der Waals surface area contributed by atoms with Gasteiger partial charge in [0.15, 0.2) is 0 Å². The van der Waals surface area contributed by atoms with Crippen LogP contribution >= 0.6 is 0 Å². The molecule has 3 N–H and O–H groups in total. The highest BCUT2D eigenvalue weighted by molar-refractivity contribution is 6.01. The molecule has 1 aliphatic heterocycles. The third-order valence-corrected chi connectivity index (χ3v) is 3.08. The number of rotatable bonds is 1. The van der Waals surface area contributed by atoms with Crippen LogP contribution in [0.2, 0.25) is 0 Å². The second-order valence-corrected chi connectivity index (χ2v) is 4.22. The average molecular weight is 239 g/mol. The summed E-state index contributed by atoms with van der Waals surface area (Å²) >= 11 is 0. The van der Waals surface area contributed by atoms with Crippen molar-refractivity contribution in [3.8, 4) is 0 Å². The SMILES string of the molecule is NN1C(=O)c2ccccc2NC1c1ccccc1. The summed E-state index contributed by atoms with van der Waals surface area (Å²) in [5.41, 5.74) is 2.38. The zero-order chi connectivity index (χ0) is 12.5. The minimum Gasteiger partial charge on any atom is -0.360 e. The van der Waals surface area contributed by atoms with Crippen LogP contribution in [0.3, 0.4) is 0 Å². The van der Waals surface area contributed by atoms with E-state index in [0.717, 1.165) is 11.3 Å². The van der Waals surface area contributed by atoms with E-state index in [4.69, 9.17) is 5.84 Å². The van der Waals surface area contributed by atoms with Gasteiger partial charge in [-0.1, -0.05) is 42.5 Å². The quantitative estimate of drug-likeness (QED) is 0.592. The fraction of sp³-hybridized carbons (Fsp3) is 0.0714. The Kier molecular flexibility index (Phi) is 2.50. The molecule has 1 unspecified atom stereocenters. The number of hydrazine groups is 1. The number of carbonyl (C=O) groups excluding carboxylic acids is 1. The molecular weight excluding hydrogens is 226 g/mol. The number of amides is 1. The van der Waals surface area contributed by atoms with Gasteiger partial charge >= 0.3 is 0 Å². The Hall–Kier alpha value is -2.33. The molecule has 90 valence electrons. The Morgan fingerprint density at radius 2 is 1.67 bits per heavy atom. The molecule has 2 aromatic carbocycles. The molecule has 1 atom stereocenters. The lowest BCUT2D eigenvalue weighted by Crippen LogP contribution is -2.47. The summed E-state index contributed by atoms with van der Waals surface area (Å²) in [6, 6.07) is 17.1. The maximum Gasteiger partial charge on any atom is 0.272 e. The summed E-state index contributed by atoms with van der Waals surface area (Å²) < 4.78 is 0. The zero-order valence-electron chi connectivity index (χ0n) is 9.71. The number of fused-ring (bicyclic) bond motifs is 1. The normalized spacial score (nSPS) is 18.2. The van der Waals surface area contributed by atoms with Crippen molar-refractivity contribution >= 4 is 11.6 Å². The van der Waals surface area contributed by atoms with Gasteiger partial charge in [-0.05, 0) is 17.7 Å². The first-order valence-electron chi connectivity index (χ1n) is 5.76. The molecule has 0 fully saturated rings. The molecule has 0 spiro atoms. The Morgan fingerprint density at radius 3 is 2.44 bits per heavy atom. The number of carbonyl (C=O) groups is 1. The lowest BCUT2D eigenvalue weighted by Gasteiger charge is -2.34. The van der Waals surface area contributed by atoms with Crippen molar-refractivity contribution in [1.82, 2.24) is 5.01 Å². The predicted octanol–water partition coefficient (Wildman–Crippen LogP) is 2.13. The third-order valence-electron chi connectivity index (χ3n) is 3.08. The van der Waals surface area contributed by atoms with E-state index in [1.165, 1.54) is 5.01 Å². The van der Waals surface area contributed by atoms with E-state index in [9.17, 15) is 4.79 Å². The smallest absolute Gasteiger partial charge is 0.272 e. The number of nitrogens with zero attached hydrogens (tertiary/aromatic N) is 1. The summed E-state index contributed by atoms with van der Waals surface area (Å²) in [5.74, 6) is 5.72. The van der Waals surface area contributed by atoms with Gasteiger partial charge in [0.2, 0.25) is 0 Å². The van der Waals surface area contributed by atoms with Crippen LogP contribution in [0.1, 0.15) is 22.1 Å². The van der Waals surface area contributed by atoms with E-state index >= 15 is 0 Å². The lowest BCUT2D eigenvalue weighted by molar-refractivity contribution is 0.0683. The van der Waals surface area contributed by atoms with Crippen molar-refractivity contribution in [1.29, 1.82) is 0 Å². The van der Waals surface area contributed by atoms with Crippen LogP contribution in [0.15, 0.2) is 54.6 Å². The van der Waals surface area contributed by atoms with E-state index in [1.807, 2.05) is 48.5 Å². The van der Waals surface area contributed by atoms with Crippen LogP contribution in [0.5, 0.6) is 0 Å². The molecule has 0 radical (unpaired) electrons. The van der Waals surface area contributed by atoms with E-state index in [1.54, 1.807) is 6.07 Å². The van der Waals surface area contributed by atoms with E-state index in [0.29, 0.717) is 5.56 Å². The van der Waals surface area contributed by atoms with Crippen LogP contribution in [0, 0.1) is 0 Å². The number of anilines is 1. The Morgan fingerprint density at radius 1 is 1.00 bits per heavy atom.